The van der Waals surface area contributed by atoms with E-state index in [-0.39, 0.29) is 77.4 Å². The summed E-state index contributed by atoms with van der Waals surface area (Å²) in [5.74, 6) is 1.06. The molecule has 0 bridgehead atoms. The fourth-order valence-electron chi connectivity index (χ4n) is 4.27. The summed E-state index contributed by atoms with van der Waals surface area (Å²) < 4.78 is 0. The molecule has 3 N–H and O–H groups in total. The van der Waals surface area contributed by atoms with Gasteiger partial charge >= 0.3 is 0 Å². The van der Waals surface area contributed by atoms with Gasteiger partial charge in [0.1, 0.15) is 11.6 Å². The van der Waals surface area contributed by atoms with Gasteiger partial charge in [-0.3, -0.25) is 43.4 Å². The van der Waals surface area contributed by atoms with Gasteiger partial charge in [0.15, 0.2) is 0 Å². The molecular weight excluding hydrogens is 592 g/mol. The molecule has 2 saturated heterocycles. The molecule has 2 rings (SSSR count). The Kier molecular flexibility index (Phi) is 22.9. The number of unbranched alkanes of at least 4 members (excludes halogenated alkanes) is 4. The fourth-order valence-corrected chi connectivity index (χ4v) is 6.43. The largest absolute Gasteiger partial charge is 0.356 e. The van der Waals surface area contributed by atoms with Gasteiger partial charge in [0.25, 0.3) is 0 Å². The van der Waals surface area contributed by atoms with E-state index in [1.165, 1.54) is 54.2 Å². The van der Waals surface area contributed by atoms with Gasteiger partial charge in [0.05, 0.1) is 10.5 Å². The van der Waals surface area contributed by atoms with E-state index in [4.69, 9.17) is 0 Å². The van der Waals surface area contributed by atoms with E-state index in [9.17, 15) is 33.6 Å². The van der Waals surface area contributed by atoms with Gasteiger partial charge in [-0.05, 0) is 45.9 Å². The number of thioether (sulfide) groups is 2. The minimum absolute atomic E-state index is 0.00203. The highest BCUT2D eigenvalue weighted by atomic mass is 32.2. The summed E-state index contributed by atoms with van der Waals surface area (Å²) in [7, 11) is 1.50. The van der Waals surface area contributed by atoms with Crippen LogP contribution in [0.5, 0.6) is 0 Å². The monoisotopic (exact) mass is 644 g/mol. The summed E-state index contributed by atoms with van der Waals surface area (Å²) in [5, 5.41) is 2.35. The minimum atomic E-state index is -0.337. The first kappa shape index (κ1) is 40.8. The molecule has 2 aliphatic heterocycles. The Morgan fingerprint density at radius 2 is 1.30 bits per heavy atom. The number of carbonyl (C=O) groups excluding carboxylic acids is 7. The highest BCUT2D eigenvalue weighted by molar-refractivity contribution is 8.00. The van der Waals surface area contributed by atoms with Crippen LogP contribution in [0, 0.1) is 0 Å². The van der Waals surface area contributed by atoms with Crippen molar-refractivity contribution in [3.63, 3.8) is 0 Å². The third-order valence-corrected chi connectivity index (χ3v) is 8.94. The number of nitrogens with zero attached hydrogens (tertiary/aromatic N) is 2. The molecule has 2 atom stereocenters. The molecule has 2 aliphatic rings. The second kappa shape index (κ2) is 24.1. The predicted molar refractivity (Wildman–Crippen MR) is 173 cm³/mol. The number of imide groups is 2. The Bertz CT molecular complexity index is 932. The van der Waals surface area contributed by atoms with Gasteiger partial charge in [0.2, 0.25) is 29.5 Å². The Morgan fingerprint density at radius 3 is 1.84 bits per heavy atom. The van der Waals surface area contributed by atoms with E-state index in [2.05, 4.69) is 18.0 Å². The van der Waals surface area contributed by atoms with Crippen LogP contribution in [0.15, 0.2) is 0 Å². The van der Waals surface area contributed by atoms with Crippen molar-refractivity contribution in [1.82, 2.24) is 15.1 Å². The first-order chi connectivity index (χ1) is 20.5. The van der Waals surface area contributed by atoms with Crippen molar-refractivity contribution in [2.75, 3.05) is 38.2 Å². The summed E-state index contributed by atoms with van der Waals surface area (Å²) in [4.78, 5) is 83.4. The minimum Gasteiger partial charge on any atom is -0.356 e. The summed E-state index contributed by atoms with van der Waals surface area (Å²) in [6.07, 6.45) is 7.33. The van der Waals surface area contributed by atoms with E-state index in [1.807, 2.05) is 6.92 Å². The lowest BCUT2D eigenvalue weighted by Gasteiger charge is -2.14. The van der Waals surface area contributed by atoms with Gasteiger partial charge in [-0.15, -0.1) is 23.5 Å². The molecule has 13 heteroatoms. The number of amides is 5. The maximum Gasteiger partial charge on any atom is 0.242 e. The Morgan fingerprint density at radius 1 is 0.744 bits per heavy atom. The highest BCUT2D eigenvalue weighted by Crippen LogP contribution is 2.26. The lowest BCUT2D eigenvalue weighted by atomic mass is 10.1. The average molecular weight is 645 g/mol. The van der Waals surface area contributed by atoms with Crippen LogP contribution in [0.3, 0.4) is 0 Å². The van der Waals surface area contributed by atoms with Gasteiger partial charge in [0, 0.05) is 57.5 Å². The number of Topliss-reactive ketones (excluding diaryl/α,β-unsaturated/α-hetero) is 2. The number of nitrogens with two attached hydrogens (primary N) is 1. The molecule has 2 heterocycles. The zero-order chi connectivity index (χ0) is 32.8. The molecule has 5 amide bonds. The first-order valence-corrected chi connectivity index (χ1v) is 17.4. The van der Waals surface area contributed by atoms with E-state index in [0.29, 0.717) is 25.1 Å². The maximum atomic E-state index is 12.3. The maximum absolute atomic E-state index is 12.3. The summed E-state index contributed by atoms with van der Waals surface area (Å²) >= 11 is 2.89. The molecule has 0 aromatic heterocycles. The molecule has 11 nitrogen and oxygen atoms in total. The summed E-state index contributed by atoms with van der Waals surface area (Å²) in [5.41, 5.74) is 4.50. The zero-order valence-corrected chi connectivity index (χ0v) is 28.2. The van der Waals surface area contributed by atoms with E-state index in [0.717, 1.165) is 50.8 Å². The highest BCUT2D eigenvalue weighted by Gasteiger charge is 2.39. The topological polar surface area (TPSA) is 164 Å². The molecule has 0 saturated carbocycles. The molecule has 0 radical (unpaired) electrons. The van der Waals surface area contributed by atoms with Gasteiger partial charge < -0.3 is 11.1 Å². The quantitative estimate of drug-likeness (QED) is 0.158. The van der Waals surface area contributed by atoms with Crippen molar-refractivity contribution in [1.29, 1.82) is 0 Å². The molecule has 0 aromatic carbocycles. The van der Waals surface area contributed by atoms with Crippen molar-refractivity contribution >= 4 is 64.6 Å². The van der Waals surface area contributed by atoms with Crippen molar-refractivity contribution in [3.05, 3.63) is 0 Å². The molecular formula is C30H52N4O7S2. The van der Waals surface area contributed by atoms with Crippen LogP contribution in [0.2, 0.25) is 0 Å². The smallest absolute Gasteiger partial charge is 0.242 e. The van der Waals surface area contributed by atoms with Crippen LogP contribution < -0.4 is 11.1 Å². The fraction of sp³-hybridized carbons (Fsp3) is 0.767. The predicted octanol–water partition coefficient (Wildman–Crippen LogP) is 3.11. The zero-order valence-electron chi connectivity index (χ0n) is 26.6. The number of carbonyl (C=O) groups is 7. The van der Waals surface area contributed by atoms with Crippen molar-refractivity contribution in [2.45, 2.75) is 109 Å². The van der Waals surface area contributed by atoms with Gasteiger partial charge in [-0.1, -0.05) is 33.1 Å². The number of nitrogens with one attached hydrogen (secondary N) is 1. The Balaban J connectivity index is 0.000000878. The lowest BCUT2D eigenvalue weighted by Crippen LogP contribution is -2.33. The van der Waals surface area contributed by atoms with Crippen LogP contribution in [-0.2, 0) is 33.6 Å². The molecule has 0 spiro atoms. The molecule has 2 unspecified atom stereocenters. The second-order valence-corrected chi connectivity index (χ2v) is 13.0. The number of rotatable bonds is 19. The Labute approximate surface area is 265 Å². The van der Waals surface area contributed by atoms with E-state index >= 15 is 0 Å². The summed E-state index contributed by atoms with van der Waals surface area (Å²) in [6, 6.07) is 0. The van der Waals surface area contributed by atoms with Crippen molar-refractivity contribution < 1.29 is 33.6 Å². The summed E-state index contributed by atoms with van der Waals surface area (Å²) in [6.45, 7) is 8.49. The number of likely N-dealkylation sites (tertiary alicyclic amines) is 2. The molecule has 43 heavy (non-hydrogen) atoms. The molecule has 0 aliphatic carbocycles. The number of hydrogen-bond donors (Lipinski definition) is 2. The third kappa shape index (κ3) is 17.0. The van der Waals surface area contributed by atoms with Gasteiger partial charge in [-0.2, -0.15) is 0 Å². The normalized spacial score (nSPS) is 17.8. The Hall–Kier alpha value is -2.25. The molecule has 2 fully saturated rings. The van der Waals surface area contributed by atoms with Crippen LogP contribution in [0.4, 0.5) is 0 Å². The number of ketones is 2. The lowest BCUT2D eigenvalue weighted by molar-refractivity contribution is -0.140. The number of hydrogen-bond acceptors (Lipinski definition) is 10. The van der Waals surface area contributed by atoms with Crippen LogP contribution in [0.25, 0.3) is 0 Å². The molecule has 246 valence electrons. The standard InChI is InChI=1S/C19H32N2O4S.C10H15NO3S.CH5N/c1-3-4-7-11-20-17(23)9-6-5-8-12-21-18(24)14-16(19(21)25)26-13-10-15(2)22;1-3-15-8-6-9(13)11(10(8)14)5-4-7(2)12;1-2/h16H,3-14H2,1-2H3,(H,20,23);8H,3-6H2,1-2H3;2H2,1H3. The second-order valence-electron chi connectivity index (χ2n) is 10.3. The van der Waals surface area contributed by atoms with Crippen molar-refractivity contribution in [2.24, 2.45) is 5.73 Å². The van der Waals surface area contributed by atoms with Gasteiger partial charge in [-0.25, -0.2) is 0 Å². The van der Waals surface area contributed by atoms with Crippen LogP contribution in [0.1, 0.15) is 98.3 Å². The average Bonchev–Trinajstić information content (AvgIpc) is 3.39. The van der Waals surface area contributed by atoms with Crippen molar-refractivity contribution in [3.8, 4) is 0 Å². The van der Waals surface area contributed by atoms with E-state index < -0.39 is 0 Å². The van der Waals surface area contributed by atoms with Crippen LogP contribution >= 0.6 is 23.5 Å². The third-order valence-electron chi connectivity index (χ3n) is 6.62. The SMILES string of the molecule is CCCCCNC(=O)CCCCCN1C(=O)CC(SCCC(C)=O)C1=O.CCSC1CC(=O)N(CCC(C)=O)C1=O.CN. The van der Waals surface area contributed by atoms with Crippen LogP contribution in [-0.4, -0.2) is 99.6 Å². The molecule has 0 aromatic rings. The van der Waals surface area contributed by atoms with E-state index in [1.54, 1.807) is 0 Å². The first-order valence-electron chi connectivity index (χ1n) is 15.3.